The van der Waals surface area contributed by atoms with E-state index in [0.29, 0.717) is 35.4 Å². The quantitative estimate of drug-likeness (QED) is 0.512. The Balaban J connectivity index is 1.52. The highest BCUT2D eigenvalue weighted by atomic mass is 16.6. The number of amides is 2. The molecule has 1 aliphatic carbocycles. The van der Waals surface area contributed by atoms with Crippen LogP contribution in [-0.4, -0.2) is 49.7 Å². The Hall–Kier alpha value is -3.88. The van der Waals surface area contributed by atoms with Gasteiger partial charge >= 0.3 is 18.0 Å². The van der Waals surface area contributed by atoms with Gasteiger partial charge in [-0.2, -0.15) is 0 Å². The topological polar surface area (TPSA) is 111 Å². The average Bonchev–Trinajstić information content (AvgIpc) is 2.87. The summed E-state index contributed by atoms with van der Waals surface area (Å²) in [5.41, 5.74) is 0.733. The first-order chi connectivity index (χ1) is 16.8. The van der Waals surface area contributed by atoms with Crippen LogP contribution in [0.25, 0.3) is 0 Å². The van der Waals surface area contributed by atoms with Crippen molar-refractivity contribution in [2.45, 2.75) is 44.6 Å². The highest BCUT2D eigenvalue weighted by Crippen LogP contribution is 2.44. The molecular formula is C26H28N2O7. The fraction of sp³-hybridized carbons (Fsp3) is 0.385. The Morgan fingerprint density at radius 1 is 1.06 bits per heavy atom. The van der Waals surface area contributed by atoms with Gasteiger partial charge in [0, 0.05) is 13.1 Å². The fourth-order valence-electron chi connectivity index (χ4n) is 4.59. The molecule has 35 heavy (non-hydrogen) atoms. The van der Waals surface area contributed by atoms with Crippen molar-refractivity contribution < 1.29 is 33.4 Å². The summed E-state index contributed by atoms with van der Waals surface area (Å²) >= 11 is 0. The summed E-state index contributed by atoms with van der Waals surface area (Å²) in [6.07, 6.45) is 3.07. The molecule has 0 aromatic heterocycles. The molecule has 2 aromatic carbocycles. The molecule has 2 aromatic rings. The molecule has 1 fully saturated rings. The highest BCUT2D eigenvalue weighted by molar-refractivity contribution is 6.04. The van der Waals surface area contributed by atoms with Crippen LogP contribution in [0.5, 0.6) is 5.75 Å². The third kappa shape index (κ3) is 4.99. The van der Waals surface area contributed by atoms with Crippen molar-refractivity contribution in [3.63, 3.8) is 0 Å². The van der Waals surface area contributed by atoms with Crippen LogP contribution in [0.15, 0.2) is 42.5 Å². The molecule has 1 heterocycles. The summed E-state index contributed by atoms with van der Waals surface area (Å²) in [4.78, 5) is 51.7. The minimum absolute atomic E-state index is 0.0313. The number of carbonyl (C=O) groups excluding carboxylic acids is 4. The van der Waals surface area contributed by atoms with E-state index in [9.17, 15) is 19.2 Å². The fourth-order valence-corrected chi connectivity index (χ4v) is 4.59. The molecule has 0 saturated heterocycles. The van der Waals surface area contributed by atoms with Crippen molar-refractivity contribution in [3.8, 4) is 5.75 Å². The second-order valence-electron chi connectivity index (χ2n) is 8.71. The number of alkyl carbamates (subject to hydrolysis) is 1. The number of methoxy groups -OCH3 is 1. The zero-order chi connectivity index (χ0) is 25.0. The van der Waals surface area contributed by atoms with Crippen molar-refractivity contribution in [1.29, 1.82) is 0 Å². The number of esters is 2. The van der Waals surface area contributed by atoms with E-state index in [1.807, 2.05) is 0 Å². The predicted octanol–water partition coefficient (Wildman–Crippen LogP) is 3.78. The van der Waals surface area contributed by atoms with Crippen LogP contribution >= 0.6 is 0 Å². The molecule has 1 aliphatic heterocycles. The molecule has 0 unspecified atom stereocenters. The summed E-state index contributed by atoms with van der Waals surface area (Å²) in [6.45, 7) is 1.92. The van der Waals surface area contributed by atoms with Gasteiger partial charge in [0.2, 0.25) is 0 Å². The van der Waals surface area contributed by atoms with Crippen molar-refractivity contribution >= 4 is 29.6 Å². The van der Waals surface area contributed by atoms with Gasteiger partial charge in [0.25, 0.3) is 5.91 Å². The minimum atomic E-state index is -0.964. The smallest absolute Gasteiger partial charge is 0.415 e. The molecule has 2 amide bonds. The molecule has 9 heteroatoms. The van der Waals surface area contributed by atoms with Crippen LogP contribution < -0.4 is 15.0 Å². The van der Waals surface area contributed by atoms with E-state index >= 15 is 0 Å². The third-order valence-electron chi connectivity index (χ3n) is 6.40. The number of aryl methyl sites for hydroxylation is 1. The summed E-state index contributed by atoms with van der Waals surface area (Å²) in [6, 6.07) is 11.5. The molecule has 1 spiro atoms. The van der Waals surface area contributed by atoms with Gasteiger partial charge in [0.15, 0.2) is 5.60 Å². The lowest BCUT2D eigenvalue weighted by atomic mass is 9.82. The summed E-state index contributed by atoms with van der Waals surface area (Å²) in [7, 11) is 1.30. The van der Waals surface area contributed by atoms with Crippen molar-refractivity contribution in [2.24, 2.45) is 0 Å². The first-order valence-corrected chi connectivity index (χ1v) is 11.6. The zero-order valence-electron chi connectivity index (χ0n) is 19.8. The number of ether oxygens (including phenoxy) is 3. The maximum Gasteiger partial charge on any atom is 0.415 e. The van der Waals surface area contributed by atoms with Crippen molar-refractivity contribution in [3.05, 3.63) is 59.2 Å². The van der Waals surface area contributed by atoms with Gasteiger partial charge in [-0.15, -0.1) is 0 Å². The van der Waals surface area contributed by atoms with Gasteiger partial charge in [-0.25, -0.2) is 14.4 Å². The number of carbonyl (C=O) groups is 4. The number of fused-ring (bicyclic) bond motifs is 1. The molecule has 0 radical (unpaired) electrons. The Morgan fingerprint density at radius 2 is 1.77 bits per heavy atom. The van der Waals surface area contributed by atoms with Crippen LogP contribution in [0.1, 0.15) is 58.4 Å². The summed E-state index contributed by atoms with van der Waals surface area (Å²) < 4.78 is 16.0. The predicted molar refractivity (Wildman–Crippen MR) is 127 cm³/mol. The van der Waals surface area contributed by atoms with Gasteiger partial charge in [-0.1, -0.05) is 24.6 Å². The largest absolute Gasteiger partial charge is 0.475 e. The van der Waals surface area contributed by atoms with Crippen molar-refractivity contribution in [2.75, 3.05) is 25.1 Å². The second-order valence-corrected chi connectivity index (χ2v) is 8.71. The lowest BCUT2D eigenvalue weighted by Gasteiger charge is -2.44. The van der Waals surface area contributed by atoms with Crippen LogP contribution in [0.2, 0.25) is 0 Å². The molecule has 4 rings (SSSR count). The number of hydrogen-bond donors (Lipinski definition) is 1. The van der Waals surface area contributed by atoms with Gasteiger partial charge in [0.1, 0.15) is 5.75 Å². The summed E-state index contributed by atoms with van der Waals surface area (Å²) in [5, 5.41) is 2.52. The first-order valence-electron chi connectivity index (χ1n) is 11.6. The number of anilines is 1. The number of hydrogen-bond acceptors (Lipinski definition) is 7. The number of benzene rings is 2. The van der Waals surface area contributed by atoms with Crippen LogP contribution in [0, 0.1) is 6.92 Å². The lowest BCUT2D eigenvalue weighted by molar-refractivity contribution is -0.138. The van der Waals surface area contributed by atoms with Crippen molar-refractivity contribution in [1.82, 2.24) is 5.32 Å². The summed E-state index contributed by atoms with van der Waals surface area (Å²) in [5.74, 6) is -0.981. The molecule has 9 nitrogen and oxygen atoms in total. The van der Waals surface area contributed by atoms with E-state index in [4.69, 9.17) is 14.2 Å². The number of nitrogens with one attached hydrogen (secondary N) is 1. The van der Waals surface area contributed by atoms with E-state index in [1.165, 1.54) is 12.0 Å². The van der Waals surface area contributed by atoms with Gasteiger partial charge < -0.3 is 24.4 Å². The second kappa shape index (κ2) is 10.2. The Kier molecular flexibility index (Phi) is 7.04. The Morgan fingerprint density at radius 3 is 2.46 bits per heavy atom. The SMILES string of the molecule is COC(=O)c1cc2c(cc1C)OC1(CCCCC1)C(=O)N2CCNC(=O)OC(=O)c1ccccc1. The molecule has 184 valence electrons. The van der Waals surface area contributed by atoms with Gasteiger partial charge in [-0.3, -0.25) is 4.79 Å². The van der Waals surface area contributed by atoms with Gasteiger partial charge in [-0.05, 0) is 62.4 Å². The minimum Gasteiger partial charge on any atom is -0.475 e. The Bertz CT molecular complexity index is 1140. The standard InChI is InChI=1S/C26H28N2O7/c1-17-15-21-20(16-19(17)23(30)33-2)28(24(31)26(35-21)11-7-4-8-12-26)14-13-27-25(32)34-22(29)18-9-5-3-6-10-18/h3,5-6,9-10,15-16H,4,7-8,11-14H2,1-2H3,(H,27,32). The average molecular weight is 481 g/mol. The molecule has 1 N–H and O–H groups in total. The van der Waals surface area contributed by atoms with E-state index < -0.39 is 23.6 Å². The zero-order valence-corrected chi connectivity index (χ0v) is 19.8. The third-order valence-corrected chi connectivity index (χ3v) is 6.40. The first kappa shape index (κ1) is 24.3. The number of nitrogens with zero attached hydrogens (tertiary/aromatic N) is 1. The monoisotopic (exact) mass is 480 g/mol. The number of rotatable bonds is 5. The van der Waals surface area contributed by atoms with Crippen LogP contribution in [-0.2, 0) is 14.3 Å². The highest BCUT2D eigenvalue weighted by Gasteiger charge is 2.49. The molecule has 0 atom stereocenters. The maximum absolute atomic E-state index is 13.6. The normalized spacial score (nSPS) is 16.2. The molecule has 1 saturated carbocycles. The lowest BCUT2D eigenvalue weighted by Crippen LogP contribution is -2.58. The van der Waals surface area contributed by atoms with E-state index in [-0.39, 0.29) is 24.6 Å². The van der Waals surface area contributed by atoms with Gasteiger partial charge in [0.05, 0.1) is 23.9 Å². The van der Waals surface area contributed by atoms with Crippen LogP contribution in [0.3, 0.4) is 0 Å². The molecule has 0 bridgehead atoms. The van der Waals surface area contributed by atoms with E-state index in [2.05, 4.69) is 5.32 Å². The maximum atomic E-state index is 13.6. The van der Waals surface area contributed by atoms with E-state index in [0.717, 1.165) is 19.3 Å². The van der Waals surface area contributed by atoms with E-state index in [1.54, 1.807) is 49.4 Å². The molecular weight excluding hydrogens is 452 g/mol. The Labute approximate surface area is 203 Å². The van der Waals surface area contributed by atoms with Crippen LogP contribution in [0.4, 0.5) is 10.5 Å². The molecule has 2 aliphatic rings.